The summed E-state index contributed by atoms with van der Waals surface area (Å²) in [5.74, 6) is 2.31. The smallest absolute Gasteiger partial charge is 0.161 e. The molecule has 1 N–H and O–H groups in total. The molecule has 1 heterocycles. The minimum Gasteiger partial charge on any atom is -0.493 e. The summed E-state index contributed by atoms with van der Waals surface area (Å²) in [6, 6.07) is 7.63. The van der Waals surface area contributed by atoms with Crippen molar-refractivity contribution in [1.82, 2.24) is 9.97 Å². The molecule has 20 heavy (non-hydrogen) atoms. The van der Waals surface area contributed by atoms with Gasteiger partial charge in [0, 0.05) is 17.7 Å². The van der Waals surface area contributed by atoms with Gasteiger partial charge < -0.3 is 14.5 Å². The number of hydrogen-bond acceptors (Lipinski definition) is 4. The Morgan fingerprint density at radius 1 is 1.15 bits per heavy atom. The number of benzene rings is 1. The van der Waals surface area contributed by atoms with Crippen molar-refractivity contribution >= 4 is 12.2 Å². The fraction of sp³-hybridized carbons (Fsp3) is 0.333. The van der Waals surface area contributed by atoms with Crippen LogP contribution in [0.1, 0.15) is 19.2 Å². The second kappa shape index (κ2) is 6.52. The maximum atomic E-state index is 5.33. The van der Waals surface area contributed by atoms with Crippen LogP contribution in [0, 0.1) is 4.64 Å². The van der Waals surface area contributed by atoms with Gasteiger partial charge in [-0.1, -0.05) is 19.1 Å². The molecule has 106 valence electrons. The van der Waals surface area contributed by atoms with Crippen LogP contribution in [0.4, 0.5) is 0 Å². The summed E-state index contributed by atoms with van der Waals surface area (Å²) in [4.78, 5) is 7.65. The number of aromatic nitrogens is 2. The maximum absolute atomic E-state index is 5.33. The molecule has 0 spiro atoms. The van der Waals surface area contributed by atoms with Crippen LogP contribution in [0.15, 0.2) is 24.3 Å². The molecule has 0 aliphatic rings. The number of rotatable bonds is 5. The Hall–Kier alpha value is -1.88. The molecule has 4 nitrogen and oxygen atoms in total. The van der Waals surface area contributed by atoms with E-state index in [0.717, 1.165) is 29.9 Å². The molecule has 0 saturated heterocycles. The molecular weight excluding hydrogens is 272 g/mol. The second-order valence-electron chi connectivity index (χ2n) is 4.40. The summed E-state index contributed by atoms with van der Waals surface area (Å²) in [5, 5.41) is 0. The number of hydrogen-bond donors (Lipinski definition) is 1. The summed E-state index contributed by atoms with van der Waals surface area (Å²) in [6.45, 7) is 2.11. The van der Waals surface area contributed by atoms with E-state index in [1.54, 1.807) is 14.2 Å². The first-order valence-corrected chi connectivity index (χ1v) is 6.91. The number of H-pyrrole nitrogens is 1. The van der Waals surface area contributed by atoms with Crippen molar-refractivity contribution in [3.05, 3.63) is 34.7 Å². The summed E-state index contributed by atoms with van der Waals surface area (Å²) in [5.41, 5.74) is 1.93. The van der Waals surface area contributed by atoms with Gasteiger partial charge in [0.1, 0.15) is 10.5 Å². The van der Waals surface area contributed by atoms with E-state index in [2.05, 4.69) is 16.9 Å². The molecule has 0 saturated carbocycles. The quantitative estimate of drug-likeness (QED) is 0.851. The van der Waals surface area contributed by atoms with E-state index in [9.17, 15) is 0 Å². The van der Waals surface area contributed by atoms with Crippen LogP contribution in [0.5, 0.6) is 11.5 Å². The molecule has 0 aliphatic carbocycles. The van der Waals surface area contributed by atoms with E-state index in [-0.39, 0.29) is 0 Å². The molecule has 5 heteroatoms. The van der Waals surface area contributed by atoms with Crippen molar-refractivity contribution in [3.8, 4) is 22.8 Å². The predicted molar refractivity (Wildman–Crippen MR) is 82.0 cm³/mol. The fourth-order valence-corrected chi connectivity index (χ4v) is 2.25. The monoisotopic (exact) mass is 290 g/mol. The Morgan fingerprint density at radius 2 is 1.90 bits per heavy atom. The summed E-state index contributed by atoms with van der Waals surface area (Å²) in [7, 11) is 3.25. The normalized spacial score (nSPS) is 10.3. The van der Waals surface area contributed by atoms with Crippen molar-refractivity contribution < 1.29 is 9.47 Å². The third-order valence-corrected chi connectivity index (χ3v) is 3.18. The van der Waals surface area contributed by atoms with Gasteiger partial charge in [0.05, 0.1) is 14.2 Å². The Kier molecular flexibility index (Phi) is 4.74. The summed E-state index contributed by atoms with van der Waals surface area (Å²) >= 11 is 5.22. The Labute approximate surface area is 123 Å². The third kappa shape index (κ3) is 3.17. The molecule has 0 amide bonds. The number of ether oxygens (including phenoxy) is 2. The molecule has 0 bridgehead atoms. The highest BCUT2D eigenvalue weighted by Gasteiger charge is 2.07. The minimum absolute atomic E-state index is 0.594. The van der Waals surface area contributed by atoms with Crippen molar-refractivity contribution in [2.24, 2.45) is 0 Å². The summed E-state index contributed by atoms with van der Waals surface area (Å²) < 4.78 is 11.2. The van der Waals surface area contributed by atoms with Crippen LogP contribution in [0.3, 0.4) is 0 Å². The van der Waals surface area contributed by atoms with Crippen LogP contribution < -0.4 is 9.47 Å². The summed E-state index contributed by atoms with van der Waals surface area (Å²) in [6.07, 6.45) is 1.90. The lowest BCUT2D eigenvalue weighted by molar-refractivity contribution is 0.355. The number of nitrogens with zero attached hydrogens (tertiary/aromatic N) is 1. The van der Waals surface area contributed by atoms with Crippen LogP contribution in [-0.4, -0.2) is 24.2 Å². The topological polar surface area (TPSA) is 47.1 Å². The standard InChI is InChI=1S/C15H18N2O2S/c1-4-5-14-16-11(9-15(20)17-14)10-6-7-12(18-2)13(8-10)19-3/h6-9H,4-5H2,1-3H3,(H,16,17,20). The molecule has 0 radical (unpaired) electrons. The first-order valence-electron chi connectivity index (χ1n) is 6.50. The van der Waals surface area contributed by atoms with Gasteiger partial charge in [0.2, 0.25) is 0 Å². The Balaban J connectivity index is 2.48. The SMILES string of the molecule is CCCc1nc(=S)cc(-c2ccc(OC)c(OC)c2)[nH]1. The average Bonchev–Trinajstić information content (AvgIpc) is 2.46. The predicted octanol–water partition coefficient (Wildman–Crippen LogP) is 3.78. The molecule has 0 fully saturated rings. The van der Waals surface area contributed by atoms with Crippen molar-refractivity contribution in [2.45, 2.75) is 19.8 Å². The fourth-order valence-electron chi connectivity index (χ4n) is 2.02. The number of nitrogens with one attached hydrogen (secondary N) is 1. The van der Waals surface area contributed by atoms with Crippen LogP contribution in [0.25, 0.3) is 11.3 Å². The van der Waals surface area contributed by atoms with Crippen LogP contribution >= 0.6 is 12.2 Å². The highest BCUT2D eigenvalue weighted by atomic mass is 32.1. The molecule has 0 unspecified atom stereocenters. The third-order valence-electron chi connectivity index (χ3n) is 2.97. The van der Waals surface area contributed by atoms with Gasteiger partial charge in [0.15, 0.2) is 11.5 Å². The Bertz CT molecular complexity index is 653. The van der Waals surface area contributed by atoms with Crippen molar-refractivity contribution in [2.75, 3.05) is 14.2 Å². The van der Waals surface area contributed by atoms with E-state index in [4.69, 9.17) is 21.7 Å². The average molecular weight is 290 g/mol. The van der Waals surface area contributed by atoms with Crippen molar-refractivity contribution in [3.63, 3.8) is 0 Å². The Morgan fingerprint density at radius 3 is 2.55 bits per heavy atom. The van der Waals surface area contributed by atoms with E-state index in [0.29, 0.717) is 16.1 Å². The van der Waals surface area contributed by atoms with Gasteiger partial charge in [-0.2, -0.15) is 0 Å². The number of methoxy groups -OCH3 is 2. The van der Waals surface area contributed by atoms with Gasteiger partial charge >= 0.3 is 0 Å². The van der Waals surface area contributed by atoms with Gasteiger partial charge in [0.25, 0.3) is 0 Å². The lowest BCUT2D eigenvalue weighted by Crippen LogP contribution is -1.97. The zero-order chi connectivity index (χ0) is 14.5. The van der Waals surface area contributed by atoms with E-state index in [1.165, 1.54) is 0 Å². The van der Waals surface area contributed by atoms with Crippen LogP contribution in [-0.2, 0) is 6.42 Å². The second-order valence-corrected chi connectivity index (χ2v) is 4.82. The van der Waals surface area contributed by atoms with Crippen LogP contribution in [0.2, 0.25) is 0 Å². The van der Waals surface area contributed by atoms with Gasteiger partial charge in [-0.15, -0.1) is 0 Å². The van der Waals surface area contributed by atoms with Crippen molar-refractivity contribution in [1.29, 1.82) is 0 Å². The first kappa shape index (κ1) is 14.5. The van der Waals surface area contributed by atoms with Gasteiger partial charge in [-0.05, 0) is 30.7 Å². The zero-order valence-corrected chi connectivity index (χ0v) is 12.7. The molecule has 2 rings (SSSR count). The van der Waals surface area contributed by atoms with E-state index >= 15 is 0 Å². The number of aryl methyl sites for hydroxylation is 1. The highest BCUT2D eigenvalue weighted by Crippen LogP contribution is 2.31. The maximum Gasteiger partial charge on any atom is 0.161 e. The lowest BCUT2D eigenvalue weighted by Gasteiger charge is -2.10. The molecule has 0 atom stereocenters. The molecule has 0 aliphatic heterocycles. The minimum atomic E-state index is 0.594. The highest BCUT2D eigenvalue weighted by molar-refractivity contribution is 7.71. The molecule has 1 aromatic carbocycles. The lowest BCUT2D eigenvalue weighted by atomic mass is 10.1. The molecule has 2 aromatic rings. The van der Waals surface area contributed by atoms with Gasteiger partial charge in [-0.25, -0.2) is 4.98 Å². The van der Waals surface area contributed by atoms with E-state index in [1.807, 2.05) is 24.3 Å². The largest absolute Gasteiger partial charge is 0.493 e. The van der Waals surface area contributed by atoms with E-state index < -0.39 is 0 Å². The molecular formula is C15H18N2O2S. The molecule has 1 aromatic heterocycles. The van der Waals surface area contributed by atoms with Gasteiger partial charge in [-0.3, -0.25) is 0 Å². The number of aromatic amines is 1. The first-order chi connectivity index (χ1) is 9.67. The zero-order valence-electron chi connectivity index (χ0n) is 11.9.